The van der Waals surface area contributed by atoms with Crippen molar-refractivity contribution < 1.29 is 9.47 Å². The topological polar surface area (TPSA) is 181 Å². The van der Waals surface area contributed by atoms with E-state index in [9.17, 15) is 10.5 Å². The molecule has 12 nitrogen and oxygen atoms in total. The second-order valence-electron chi connectivity index (χ2n) is 41.3. The van der Waals surface area contributed by atoms with Gasteiger partial charge in [-0.15, -0.1) is 0 Å². The van der Waals surface area contributed by atoms with Gasteiger partial charge in [-0.05, 0) is 232 Å². The smallest absolute Gasteiger partial charge is 0.171 e. The summed E-state index contributed by atoms with van der Waals surface area (Å²) in [6.45, 7) is 40.4. The lowest BCUT2D eigenvalue weighted by Gasteiger charge is -2.19. The number of H-pyrrole nitrogens is 4. The van der Waals surface area contributed by atoms with E-state index in [0.29, 0.717) is 11.5 Å². The van der Waals surface area contributed by atoms with E-state index in [-0.39, 0.29) is 55.1 Å². The molecule has 12 heteroatoms. The summed E-state index contributed by atoms with van der Waals surface area (Å²) in [5.41, 5.74) is 36.1. The number of hydrogen-bond acceptors (Lipinski definition) is 8. The van der Waals surface area contributed by atoms with Crippen molar-refractivity contribution in [1.82, 2.24) is 39.9 Å². The molecule has 0 radical (unpaired) electrons. The molecule has 10 heterocycles. The Bertz CT molecular complexity index is 7150. The molecule has 0 spiro atoms. The van der Waals surface area contributed by atoms with E-state index in [4.69, 9.17) is 29.4 Å². The molecule has 132 heavy (non-hydrogen) atoms. The first-order valence-corrected chi connectivity index (χ1v) is 45.6. The van der Waals surface area contributed by atoms with Gasteiger partial charge in [0.25, 0.3) is 0 Å². The molecule has 650 valence electrons. The van der Waals surface area contributed by atoms with Crippen molar-refractivity contribution in [2.24, 2.45) is 0 Å². The second-order valence-corrected chi connectivity index (χ2v) is 41.3. The third-order valence-electron chi connectivity index (χ3n) is 25.8. The standard InChI is InChI=1S/C120H108N10O2/c1-115(2,3)81-35-19-71(20-36-81)107-89-51-55-93(123-89)109(73-23-39-83(40-24-73)117(7,8)9)97-59-63-101(127-97)113(102-64-60-98(128-102)110(94-56-52-90(107)124-94)74-25-41-84(42-26-74)118(10,11)12)77-31-47-87(48-32-77)131-105-67-79(69-121)80(70-122)68-106(105)132-88-49-33-78(34-50-88)114-103-65-61-99(129-103)111(75-27-43-85(44-28-75)119(13,14)15)95-57-53-91(125-95)108(72-21-37-82(38-22-72)116(4,5)6)92-54-58-96(126-92)112(100-62-66-104(114)130-100)76-29-45-86(46-30-76)120(16,17)18/h19-68,123,125,128,130H,1-18H3. The van der Waals surface area contributed by atoms with Gasteiger partial charge in [0.1, 0.15) is 23.6 Å². The summed E-state index contributed by atoms with van der Waals surface area (Å²) < 4.78 is 13.8. The molecular weight excluding hydrogens is 1610 g/mol. The van der Waals surface area contributed by atoms with E-state index in [0.717, 1.165) is 179 Å². The number of benzene rings is 9. The van der Waals surface area contributed by atoms with E-state index in [1.807, 2.05) is 48.5 Å². The zero-order valence-corrected chi connectivity index (χ0v) is 78.4. The Balaban J connectivity index is 0.736. The van der Waals surface area contributed by atoms with Crippen molar-refractivity contribution in [3.63, 3.8) is 0 Å². The van der Waals surface area contributed by atoms with Gasteiger partial charge < -0.3 is 29.4 Å². The van der Waals surface area contributed by atoms with Crippen LogP contribution in [0.1, 0.15) is 215 Å². The van der Waals surface area contributed by atoms with E-state index < -0.39 is 0 Å². The molecular formula is C120H108N10O2. The summed E-state index contributed by atoms with van der Waals surface area (Å²) in [6, 6.07) is 94.2. The predicted octanol–water partition coefficient (Wildman–Crippen LogP) is 32.1. The summed E-state index contributed by atoms with van der Waals surface area (Å²) in [4.78, 5) is 38.5. The molecule has 0 fully saturated rings. The largest absolute Gasteiger partial charge is 0.453 e. The fraction of sp³-hybridized carbons (Fsp3) is 0.200. The third-order valence-corrected chi connectivity index (χ3v) is 25.8. The maximum atomic E-state index is 10.7. The van der Waals surface area contributed by atoms with Crippen LogP contribution >= 0.6 is 0 Å². The molecule has 0 unspecified atom stereocenters. The van der Waals surface area contributed by atoms with Gasteiger partial charge in [-0.25, -0.2) is 19.9 Å². The van der Waals surface area contributed by atoms with Crippen molar-refractivity contribution in [3.05, 3.63) is 345 Å². The third kappa shape index (κ3) is 16.9. The first kappa shape index (κ1) is 86.2. The van der Waals surface area contributed by atoms with Crippen LogP contribution in [-0.2, 0) is 32.5 Å². The number of hydrogen-bond donors (Lipinski definition) is 4. The van der Waals surface area contributed by atoms with Gasteiger partial charge in [-0.1, -0.05) is 294 Å². The lowest BCUT2D eigenvalue weighted by Crippen LogP contribution is -2.10. The SMILES string of the molecule is CC(C)(C)c1ccc(-c2c3nc(c(-c4ccc(C(C)(C)C)cc4)c4ccc([nH]4)c(-c4ccc(C(C)(C)C)cc4)c4nc(c(-c5ccc(Oc6cc(C#N)c(C#N)cc6Oc6ccc(-c7c8nc(c(-c9ccc(C(C)(C)C)cc9)c9ccc([nH]9)c(-c9ccc(C(C)(C)C)cc9)c9nc(c(-c%10ccc(C(C)(C)C)cc%10)c%10ccc7[nH]%10)C=C9)C=C8)cc6)cc5)c5ccc2[nH]5)C=C4)C=C3)cc1. The summed E-state index contributed by atoms with van der Waals surface area (Å²) in [7, 11) is 0. The van der Waals surface area contributed by atoms with Gasteiger partial charge in [-0.3, -0.25) is 0 Å². The van der Waals surface area contributed by atoms with Crippen LogP contribution < -0.4 is 9.47 Å². The molecule has 4 aliphatic heterocycles. The second kappa shape index (κ2) is 33.1. The molecule has 0 saturated heterocycles. The average Bonchev–Trinajstić information content (AvgIpc) is 1.61. The Morgan fingerprint density at radius 3 is 0.485 bits per heavy atom. The fourth-order valence-electron chi connectivity index (χ4n) is 18.2. The van der Waals surface area contributed by atoms with Crippen LogP contribution in [0, 0.1) is 22.7 Å². The Kier molecular flexibility index (Phi) is 21.6. The Hall–Kier alpha value is -15.2. The lowest BCUT2D eigenvalue weighted by atomic mass is 9.86. The molecule has 0 amide bonds. The van der Waals surface area contributed by atoms with Crippen LogP contribution in [0.2, 0.25) is 0 Å². The van der Waals surface area contributed by atoms with Crippen molar-refractivity contribution in [1.29, 1.82) is 10.5 Å². The van der Waals surface area contributed by atoms with Crippen LogP contribution in [0.4, 0.5) is 0 Å². The summed E-state index contributed by atoms with van der Waals surface area (Å²) in [6.07, 6.45) is 17.1. The molecule has 4 aliphatic rings. The molecule has 19 rings (SSSR count). The van der Waals surface area contributed by atoms with Crippen molar-refractivity contribution >= 4 is 92.7 Å². The van der Waals surface area contributed by atoms with Gasteiger partial charge >= 0.3 is 0 Å². The fourth-order valence-corrected chi connectivity index (χ4v) is 18.2. The van der Waals surface area contributed by atoms with Gasteiger partial charge in [0.05, 0.1) is 56.7 Å². The number of rotatable bonds is 12. The summed E-state index contributed by atoms with van der Waals surface area (Å²) in [5, 5.41) is 21.4. The van der Waals surface area contributed by atoms with Crippen LogP contribution in [-0.4, -0.2) is 39.9 Å². The number of aromatic nitrogens is 8. The van der Waals surface area contributed by atoms with Gasteiger partial charge in [0.2, 0.25) is 0 Å². The van der Waals surface area contributed by atoms with Crippen molar-refractivity contribution in [2.45, 2.75) is 157 Å². The number of fused-ring (bicyclic) bond motifs is 16. The Morgan fingerprint density at radius 1 is 0.205 bits per heavy atom. The Labute approximate surface area is 773 Å². The first-order valence-electron chi connectivity index (χ1n) is 45.6. The molecule has 9 aromatic carbocycles. The van der Waals surface area contributed by atoms with Gasteiger partial charge in [0, 0.05) is 101 Å². The van der Waals surface area contributed by atoms with Gasteiger partial charge in [0.15, 0.2) is 11.5 Å². The lowest BCUT2D eigenvalue weighted by molar-refractivity contribution is 0.418. The zero-order valence-electron chi connectivity index (χ0n) is 78.4. The molecule has 15 aromatic rings. The van der Waals surface area contributed by atoms with Gasteiger partial charge in [-0.2, -0.15) is 10.5 Å². The number of nitrogens with one attached hydrogen (secondary N) is 4. The highest BCUT2D eigenvalue weighted by molar-refractivity contribution is 6.03. The monoisotopic (exact) mass is 1720 g/mol. The van der Waals surface area contributed by atoms with E-state index in [1.165, 1.54) is 33.4 Å². The number of aromatic amines is 4. The highest BCUT2D eigenvalue weighted by Gasteiger charge is 2.28. The van der Waals surface area contributed by atoms with Crippen LogP contribution in [0.25, 0.3) is 182 Å². The number of ether oxygens (including phenoxy) is 2. The Morgan fingerprint density at radius 2 is 0.348 bits per heavy atom. The molecule has 0 saturated carbocycles. The van der Waals surface area contributed by atoms with E-state index in [1.54, 1.807) is 12.1 Å². The normalized spacial score (nSPS) is 12.8. The highest BCUT2D eigenvalue weighted by atomic mass is 16.5. The maximum Gasteiger partial charge on any atom is 0.171 e. The molecule has 0 aliphatic carbocycles. The minimum absolute atomic E-state index is 0.0418. The average molecular weight is 1720 g/mol. The van der Waals surface area contributed by atoms with E-state index in [2.05, 4.69) is 399 Å². The van der Waals surface area contributed by atoms with E-state index >= 15 is 0 Å². The zero-order chi connectivity index (χ0) is 92.2. The molecule has 6 aromatic heterocycles. The predicted molar refractivity (Wildman–Crippen MR) is 549 cm³/mol. The first-order chi connectivity index (χ1) is 63.0. The number of nitriles is 2. The summed E-state index contributed by atoms with van der Waals surface area (Å²) >= 11 is 0. The minimum Gasteiger partial charge on any atom is -0.453 e. The number of nitrogens with zero attached hydrogens (tertiary/aromatic N) is 6. The van der Waals surface area contributed by atoms with Crippen LogP contribution in [0.3, 0.4) is 0 Å². The maximum absolute atomic E-state index is 10.7. The summed E-state index contributed by atoms with van der Waals surface area (Å²) in [5.74, 6) is 1.38. The van der Waals surface area contributed by atoms with Crippen molar-refractivity contribution in [2.75, 3.05) is 0 Å². The highest BCUT2D eigenvalue weighted by Crippen LogP contribution is 2.47. The van der Waals surface area contributed by atoms with Crippen LogP contribution in [0.15, 0.2) is 255 Å². The minimum atomic E-state index is -0.0694. The van der Waals surface area contributed by atoms with Crippen molar-refractivity contribution in [3.8, 4) is 124 Å². The molecule has 4 N–H and O–H groups in total. The molecule has 16 bridgehead atoms. The quantitative estimate of drug-likeness (QED) is 0.0932. The van der Waals surface area contributed by atoms with Crippen LogP contribution in [0.5, 0.6) is 23.0 Å². The molecule has 0 atom stereocenters.